The van der Waals surface area contributed by atoms with Gasteiger partial charge in [0.05, 0.1) is 6.54 Å². The van der Waals surface area contributed by atoms with Gasteiger partial charge in [-0.1, -0.05) is 29.0 Å². The van der Waals surface area contributed by atoms with Crippen LogP contribution in [0.4, 0.5) is 4.79 Å². The Morgan fingerprint density at radius 1 is 1.31 bits per heavy atom. The molecule has 0 aromatic carbocycles. The SMILES string of the molecule is O=C1CNC(=O)N1CCCCCI. The van der Waals surface area contributed by atoms with E-state index in [1.54, 1.807) is 0 Å². The van der Waals surface area contributed by atoms with Gasteiger partial charge in [0.2, 0.25) is 5.91 Å². The number of hydrogen-bond donors (Lipinski definition) is 1. The van der Waals surface area contributed by atoms with Crippen molar-refractivity contribution in [3.05, 3.63) is 0 Å². The zero-order chi connectivity index (χ0) is 9.68. The molecule has 0 saturated carbocycles. The lowest BCUT2D eigenvalue weighted by Gasteiger charge is -2.10. The molecule has 0 bridgehead atoms. The van der Waals surface area contributed by atoms with Crippen LogP contribution in [0, 0.1) is 0 Å². The molecular formula is C8H13IN2O2. The molecule has 0 atom stereocenters. The van der Waals surface area contributed by atoms with E-state index in [1.807, 2.05) is 0 Å². The van der Waals surface area contributed by atoms with Crippen molar-refractivity contribution in [2.24, 2.45) is 0 Å². The van der Waals surface area contributed by atoms with E-state index < -0.39 is 0 Å². The second-order valence-electron chi connectivity index (χ2n) is 2.95. The number of rotatable bonds is 5. The fraction of sp³-hybridized carbons (Fsp3) is 0.750. The molecule has 1 rings (SSSR count). The summed E-state index contributed by atoms with van der Waals surface area (Å²) in [4.78, 5) is 23.4. The van der Waals surface area contributed by atoms with E-state index in [0.29, 0.717) is 6.54 Å². The maximum Gasteiger partial charge on any atom is 0.324 e. The fourth-order valence-corrected chi connectivity index (χ4v) is 1.76. The molecule has 1 aliphatic heterocycles. The van der Waals surface area contributed by atoms with Crippen LogP contribution in [0.2, 0.25) is 0 Å². The Hall–Kier alpha value is -0.330. The van der Waals surface area contributed by atoms with Crippen LogP contribution in [-0.2, 0) is 4.79 Å². The molecule has 0 spiro atoms. The van der Waals surface area contributed by atoms with Crippen LogP contribution in [-0.4, -0.2) is 34.4 Å². The van der Waals surface area contributed by atoms with Crippen LogP contribution in [0.3, 0.4) is 0 Å². The van der Waals surface area contributed by atoms with Gasteiger partial charge in [0.1, 0.15) is 0 Å². The molecule has 0 aromatic heterocycles. The predicted molar refractivity (Wildman–Crippen MR) is 57.8 cm³/mol. The van der Waals surface area contributed by atoms with Gasteiger partial charge < -0.3 is 5.32 Å². The first-order valence-electron chi connectivity index (χ1n) is 4.40. The van der Waals surface area contributed by atoms with Gasteiger partial charge in [0.25, 0.3) is 0 Å². The lowest BCUT2D eigenvalue weighted by Crippen LogP contribution is -2.31. The van der Waals surface area contributed by atoms with E-state index >= 15 is 0 Å². The Balaban J connectivity index is 2.20. The smallest absolute Gasteiger partial charge is 0.324 e. The summed E-state index contributed by atoms with van der Waals surface area (Å²) in [6.45, 7) is 0.742. The van der Waals surface area contributed by atoms with Crippen LogP contribution in [0.25, 0.3) is 0 Å². The summed E-state index contributed by atoms with van der Waals surface area (Å²) in [5.74, 6) is -0.0977. The lowest BCUT2D eigenvalue weighted by molar-refractivity contribution is -0.125. The molecule has 13 heavy (non-hydrogen) atoms. The summed E-state index contributed by atoms with van der Waals surface area (Å²) in [7, 11) is 0. The summed E-state index contributed by atoms with van der Waals surface area (Å²) in [6, 6.07) is -0.237. The molecule has 0 aliphatic carbocycles. The molecule has 1 aliphatic rings. The molecule has 3 amide bonds. The van der Waals surface area contributed by atoms with Crippen LogP contribution >= 0.6 is 22.6 Å². The number of hydrogen-bond acceptors (Lipinski definition) is 2. The molecular weight excluding hydrogens is 283 g/mol. The number of amides is 3. The van der Waals surface area contributed by atoms with E-state index in [1.165, 1.54) is 4.90 Å². The normalized spacial score (nSPS) is 16.5. The third-order valence-corrected chi connectivity index (χ3v) is 2.72. The van der Waals surface area contributed by atoms with Crippen molar-refractivity contribution in [1.82, 2.24) is 10.2 Å². The van der Waals surface area contributed by atoms with Crippen molar-refractivity contribution in [2.75, 3.05) is 17.5 Å². The number of carbonyl (C=O) groups excluding carboxylic acids is 2. The van der Waals surface area contributed by atoms with Crippen LogP contribution in [0.5, 0.6) is 0 Å². The van der Waals surface area contributed by atoms with Crippen molar-refractivity contribution in [2.45, 2.75) is 19.3 Å². The van der Waals surface area contributed by atoms with Crippen molar-refractivity contribution in [3.8, 4) is 0 Å². The van der Waals surface area contributed by atoms with Gasteiger partial charge in [-0.05, 0) is 17.3 Å². The molecule has 0 unspecified atom stereocenters. The van der Waals surface area contributed by atoms with Crippen LogP contribution in [0.1, 0.15) is 19.3 Å². The Morgan fingerprint density at radius 2 is 2.08 bits per heavy atom. The Bertz CT molecular complexity index is 192. The van der Waals surface area contributed by atoms with E-state index in [9.17, 15) is 9.59 Å². The number of unbranched alkanes of at least 4 members (excludes halogenated alkanes) is 2. The molecule has 4 nitrogen and oxygen atoms in total. The highest BCUT2D eigenvalue weighted by Gasteiger charge is 2.27. The summed E-state index contributed by atoms with van der Waals surface area (Å²) in [5.41, 5.74) is 0. The lowest BCUT2D eigenvalue weighted by atomic mass is 10.2. The number of nitrogens with zero attached hydrogens (tertiary/aromatic N) is 1. The number of imide groups is 1. The number of nitrogens with one attached hydrogen (secondary N) is 1. The van der Waals surface area contributed by atoms with Gasteiger partial charge in [-0.15, -0.1) is 0 Å². The summed E-state index contributed by atoms with van der Waals surface area (Å²) in [5, 5.41) is 2.50. The molecule has 5 heteroatoms. The molecule has 1 saturated heterocycles. The van der Waals surface area contributed by atoms with E-state index in [0.717, 1.165) is 23.7 Å². The Kier molecular flexibility index (Phi) is 4.47. The zero-order valence-electron chi connectivity index (χ0n) is 7.38. The van der Waals surface area contributed by atoms with Gasteiger partial charge in [-0.25, -0.2) is 4.79 Å². The number of alkyl halides is 1. The van der Waals surface area contributed by atoms with E-state index in [2.05, 4.69) is 27.9 Å². The quantitative estimate of drug-likeness (QED) is 0.358. The van der Waals surface area contributed by atoms with E-state index in [-0.39, 0.29) is 18.5 Å². The minimum atomic E-state index is -0.237. The fourth-order valence-electron chi connectivity index (χ4n) is 1.22. The highest BCUT2D eigenvalue weighted by molar-refractivity contribution is 14.1. The Morgan fingerprint density at radius 3 is 2.62 bits per heavy atom. The first-order chi connectivity index (χ1) is 6.25. The largest absolute Gasteiger partial charge is 0.329 e. The maximum absolute atomic E-state index is 11.1. The van der Waals surface area contributed by atoms with Crippen molar-refractivity contribution >= 4 is 34.5 Å². The first kappa shape index (κ1) is 10.7. The standard InChI is InChI=1S/C8H13IN2O2/c9-4-2-1-3-5-11-7(12)6-10-8(11)13/h1-6H2,(H,10,13). The minimum absolute atomic E-state index is 0.0977. The van der Waals surface area contributed by atoms with E-state index in [4.69, 9.17) is 0 Å². The van der Waals surface area contributed by atoms with Crippen molar-refractivity contribution < 1.29 is 9.59 Å². The summed E-state index contributed by atoms with van der Waals surface area (Å²) in [6.07, 6.45) is 3.16. The molecule has 0 radical (unpaired) electrons. The van der Waals surface area contributed by atoms with Gasteiger partial charge in [0, 0.05) is 6.54 Å². The monoisotopic (exact) mass is 296 g/mol. The molecule has 1 heterocycles. The maximum atomic E-state index is 11.1. The number of urea groups is 1. The minimum Gasteiger partial charge on any atom is -0.329 e. The van der Waals surface area contributed by atoms with Gasteiger partial charge in [-0.2, -0.15) is 0 Å². The topological polar surface area (TPSA) is 49.4 Å². The first-order valence-corrected chi connectivity index (χ1v) is 5.92. The van der Waals surface area contributed by atoms with Gasteiger partial charge >= 0.3 is 6.03 Å². The number of halogens is 1. The third kappa shape index (κ3) is 3.13. The second-order valence-corrected chi connectivity index (χ2v) is 4.03. The highest BCUT2D eigenvalue weighted by atomic mass is 127. The molecule has 1 fully saturated rings. The van der Waals surface area contributed by atoms with Crippen LogP contribution < -0.4 is 5.32 Å². The molecule has 1 N–H and O–H groups in total. The molecule has 74 valence electrons. The molecule has 0 aromatic rings. The summed E-state index contributed by atoms with van der Waals surface area (Å²) < 4.78 is 1.14. The highest BCUT2D eigenvalue weighted by Crippen LogP contribution is 2.04. The van der Waals surface area contributed by atoms with Crippen LogP contribution in [0.15, 0.2) is 0 Å². The summed E-state index contributed by atoms with van der Waals surface area (Å²) >= 11 is 2.32. The average Bonchev–Trinajstić information content (AvgIpc) is 2.42. The van der Waals surface area contributed by atoms with Crippen molar-refractivity contribution in [3.63, 3.8) is 0 Å². The van der Waals surface area contributed by atoms with Crippen molar-refractivity contribution in [1.29, 1.82) is 0 Å². The zero-order valence-corrected chi connectivity index (χ0v) is 9.54. The van der Waals surface area contributed by atoms with Gasteiger partial charge in [0.15, 0.2) is 0 Å². The average molecular weight is 296 g/mol. The third-order valence-electron chi connectivity index (χ3n) is 1.95. The Labute approximate surface area is 91.2 Å². The predicted octanol–water partition coefficient (Wildman–Crippen LogP) is 1.14. The van der Waals surface area contributed by atoms with Gasteiger partial charge in [-0.3, -0.25) is 9.69 Å². The second kappa shape index (κ2) is 5.41. The number of carbonyl (C=O) groups is 2.